The first kappa shape index (κ1) is 36.4. The largest absolute Gasteiger partial charge is 0.486 e. The number of rotatable bonds is 7. The van der Waals surface area contributed by atoms with Crippen molar-refractivity contribution in [3.05, 3.63) is 108 Å². The molecule has 0 amide bonds. The number of nitrogens with zero attached hydrogens (tertiary/aromatic N) is 3. The van der Waals surface area contributed by atoms with Gasteiger partial charge in [-0.15, -0.1) is 53.6 Å². The Morgan fingerprint density at radius 1 is 0.915 bits per heavy atom. The summed E-state index contributed by atoms with van der Waals surface area (Å²) in [7, 11) is -1.34. The van der Waals surface area contributed by atoms with E-state index in [0.717, 1.165) is 63.0 Å². The Labute approximate surface area is 295 Å². The minimum Gasteiger partial charge on any atom is -0.486 e. The van der Waals surface area contributed by atoms with E-state index in [-0.39, 0.29) is 25.5 Å². The maximum absolute atomic E-state index is 6.20. The number of fused-ring (bicyclic) bond motifs is 3. The maximum atomic E-state index is 6.20. The predicted molar refractivity (Wildman–Crippen MR) is 197 cm³/mol. The Bertz CT molecular complexity index is 1970. The van der Waals surface area contributed by atoms with Crippen molar-refractivity contribution < 1.29 is 24.5 Å². The average molecular weight is 818 g/mol. The van der Waals surface area contributed by atoms with Crippen LogP contribution in [0.3, 0.4) is 0 Å². The van der Waals surface area contributed by atoms with Crippen molar-refractivity contribution in [1.82, 2.24) is 15.0 Å². The topological polar surface area (TPSA) is 51.8 Å². The van der Waals surface area contributed by atoms with E-state index in [2.05, 4.69) is 125 Å². The van der Waals surface area contributed by atoms with Crippen molar-refractivity contribution in [3.8, 4) is 22.5 Å². The van der Waals surface area contributed by atoms with Gasteiger partial charge in [0.05, 0.1) is 13.7 Å². The van der Waals surface area contributed by atoms with Crippen molar-refractivity contribution in [1.29, 1.82) is 0 Å². The molecule has 0 aliphatic rings. The van der Waals surface area contributed by atoms with Gasteiger partial charge in [0.2, 0.25) is 5.71 Å². The molecular formula is C41H47IrN3OSi-2. The van der Waals surface area contributed by atoms with Crippen molar-refractivity contribution >= 4 is 35.3 Å². The fraction of sp³-hybridized carbons (Fsp3) is 0.341. The number of benzene rings is 2. The van der Waals surface area contributed by atoms with Crippen molar-refractivity contribution in [2.24, 2.45) is 0 Å². The maximum Gasteiger partial charge on any atom is 0.216 e. The Morgan fingerprint density at radius 2 is 1.66 bits per heavy atom. The van der Waals surface area contributed by atoms with Gasteiger partial charge in [0, 0.05) is 43.6 Å². The molecule has 4 heterocycles. The quantitative estimate of drug-likeness (QED) is 0.119. The minimum absolute atomic E-state index is 0. The summed E-state index contributed by atoms with van der Waals surface area (Å²) in [6, 6.07) is 27.4. The molecule has 0 N–H and O–H groups in total. The second kappa shape index (κ2) is 14.8. The van der Waals surface area contributed by atoms with E-state index < -0.39 is 8.07 Å². The van der Waals surface area contributed by atoms with E-state index in [4.69, 9.17) is 4.42 Å². The summed E-state index contributed by atoms with van der Waals surface area (Å²) in [6.07, 6.45) is 6.18. The Balaban J connectivity index is 0.000000221. The normalized spacial score (nSPS) is 11.8. The average Bonchev–Trinajstić information content (AvgIpc) is 3.44. The zero-order valence-corrected chi connectivity index (χ0v) is 32.9. The van der Waals surface area contributed by atoms with E-state index in [1.807, 2.05) is 43.5 Å². The van der Waals surface area contributed by atoms with Crippen LogP contribution in [-0.2, 0) is 25.5 Å². The van der Waals surface area contributed by atoms with Gasteiger partial charge in [0.1, 0.15) is 0 Å². The fourth-order valence-corrected chi connectivity index (χ4v) is 7.70. The number of furan rings is 1. The summed E-state index contributed by atoms with van der Waals surface area (Å²) < 4.78 is 6.20. The smallest absolute Gasteiger partial charge is 0.216 e. The van der Waals surface area contributed by atoms with Gasteiger partial charge in [-0.25, -0.2) is 4.98 Å². The van der Waals surface area contributed by atoms with Gasteiger partial charge >= 0.3 is 0 Å². The number of aromatic nitrogens is 3. The van der Waals surface area contributed by atoms with Gasteiger partial charge in [-0.2, -0.15) is 0 Å². The molecule has 0 fully saturated rings. The molecule has 6 rings (SSSR count). The van der Waals surface area contributed by atoms with Gasteiger partial charge in [0.15, 0.2) is 0 Å². The van der Waals surface area contributed by atoms with Gasteiger partial charge in [-0.1, -0.05) is 89.8 Å². The van der Waals surface area contributed by atoms with Crippen molar-refractivity contribution in [3.63, 3.8) is 0 Å². The zero-order valence-electron chi connectivity index (χ0n) is 29.5. The summed E-state index contributed by atoms with van der Waals surface area (Å²) in [4.78, 5) is 13.9. The van der Waals surface area contributed by atoms with Crippen LogP contribution < -0.4 is 5.19 Å². The van der Waals surface area contributed by atoms with Crippen LogP contribution in [0.15, 0.2) is 77.5 Å². The predicted octanol–water partition coefficient (Wildman–Crippen LogP) is 10.8. The number of pyridine rings is 3. The molecule has 0 bridgehead atoms. The number of aryl methyl sites for hydroxylation is 2. The van der Waals surface area contributed by atoms with Gasteiger partial charge in [-0.3, -0.25) is 0 Å². The zero-order chi connectivity index (χ0) is 33.2. The third-order valence-electron chi connectivity index (χ3n) is 9.37. The van der Waals surface area contributed by atoms with Crippen LogP contribution in [0.2, 0.25) is 19.6 Å². The van der Waals surface area contributed by atoms with Crippen LogP contribution in [0.5, 0.6) is 0 Å². The summed E-state index contributed by atoms with van der Waals surface area (Å²) in [5, 5.41) is 3.63. The number of hydrogen-bond donors (Lipinski definition) is 0. The van der Waals surface area contributed by atoms with Gasteiger partial charge < -0.3 is 14.4 Å². The number of hydrogen-bond acceptors (Lipinski definition) is 4. The van der Waals surface area contributed by atoms with E-state index in [1.165, 1.54) is 16.3 Å². The standard InChI is InChI=1S/C24H25N2O.C17H22NSi.Ir/c1-6-24(5,7-2)17-12-13-25-20(14-17)18-10-8-15(3)21-19-11-9-16(4)26-23(19)27-22(18)21;1-13(2)15-11-16(14-9-7-6-8-10-14)18-12-17(15)19(3,4)5;/h8-9,11-14H,6-7H2,1-5H3;6-9,11-13H,1-5H3;/q2*-1;. The molecule has 4 aromatic heterocycles. The third-order valence-corrected chi connectivity index (χ3v) is 11.4. The summed E-state index contributed by atoms with van der Waals surface area (Å²) in [5.41, 5.74) is 10.4. The third kappa shape index (κ3) is 7.67. The second-order valence-corrected chi connectivity index (χ2v) is 19.0. The Kier molecular flexibility index (Phi) is 11.4. The molecule has 47 heavy (non-hydrogen) atoms. The molecule has 1 radical (unpaired) electrons. The minimum atomic E-state index is -1.34. The molecule has 0 atom stereocenters. The summed E-state index contributed by atoms with van der Waals surface area (Å²) >= 11 is 0. The molecule has 6 heteroatoms. The van der Waals surface area contributed by atoms with E-state index in [1.54, 1.807) is 0 Å². The molecule has 6 aromatic rings. The SMILES string of the molecule is CC(C)c1cc(-c2[c-]cccc2)ncc1[Si](C)(C)C.CCC(C)(CC)c1ccnc(-c2[c-]cc(C)c3c2oc2nc(C)ccc23)c1.[Ir]. The van der Waals surface area contributed by atoms with Crippen molar-refractivity contribution in [2.45, 2.75) is 92.3 Å². The molecule has 0 spiro atoms. The first-order valence-electron chi connectivity index (χ1n) is 16.5. The molecule has 247 valence electrons. The van der Waals surface area contributed by atoms with Crippen LogP contribution >= 0.6 is 0 Å². The molecular weight excluding hydrogens is 771 g/mol. The summed E-state index contributed by atoms with van der Waals surface area (Å²) in [5.74, 6) is 0.534. The molecule has 2 aromatic carbocycles. The molecule has 0 aliphatic carbocycles. The van der Waals surface area contributed by atoms with E-state index >= 15 is 0 Å². The molecule has 0 unspecified atom stereocenters. The second-order valence-electron chi connectivity index (χ2n) is 14.0. The molecule has 0 saturated heterocycles. The van der Waals surface area contributed by atoms with E-state index in [0.29, 0.717) is 11.6 Å². The van der Waals surface area contributed by atoms with Gasteiger partial charge in [-0.05, 0) is 71.4 Å². The van der Waals surface area contributed by atoms with Crippen LogP contribution in [-0.4, -0.2) is 23.0 Å². The van der Waals surface area contributed by atoms with E-state index in [9.17, 15) is 0 Å². The van der Waals surface area contributed by atoms with Crippen LogP contribution in [0.25, 0.3) is 44.6 Å². The molecule has 0 saturated carbocycles. The van der Waals surface area contributed by atoms with Crippen LogP contribution in [0.1, 0.15) is 75.8 Å². The first-order valence-corrected chi connectivity index (χ1v) is 20.0. The van der Waals surface area contributed by atoms with Crippen molar-refractivity contribution in [2.75, 3.05) is 0 Å². The fourth-order valence-electron chi connectivity index (χ4n) is 6.02. The Hall–Kier alpha value is -3.44. The van der Waals surface area contributed by atoms with Gasteiger partial charge in [0.25, 0.3) is 0 Å². The molecule has 4 nitrogen and oxygen atoms in total. The molecule has 0 aliphatic heterocycles. The summed E-state index contributed by atoms with van der Waals surface area (Å²) in [6.45, 7) is 22.5. The monoisotopic (exact) mass is 818 g/mol. The van der Waals surface area contributed by atoms with Crippen LogP contribution in [0, 0.1) is 26.0 Å². The van der Waals surface area contributed by atoms with Crippen LogP contribution in [0.4, 0.5) is 0 Å². The first-order chi connectivity index (χ1) is 21.9. The Morgan fingerprint density at radius 3 is 2.30 bits per heavy atom.